The minimum Gasteiger partial charge on any atom is -0.352 e. The Labute approximate surface area is 224 Å². The maximum absolute atomic E-state index is 13.9. The molecule has 3 aromatic carbocycles. The molecule has 7 nitrogen and oxygen atoms in total. The number of halogens is 1. The second-order valence-corrected chi connectivity index (χ2v) is 10.9. The third-order valence-corrected chi connectivity index (χ3v) is 8.10. The average molecular weight is 540 g/mol. The van der Waals surface area contributed by atoms with Gasteiger partial charge in [-0.3, -0.25) is 13.9 Å². The highest BCUT2D eigenvalue weighted by Crippen LogP contribution is 2.24. The van der Waals surface area contributed by atoms with Crippen molar-refractivity contribution in [3.8, 4) is 0 Å². The number of hydrogen-bond donors (Lipinski definition) is 1. The van der Waals surface area contributed by atoms with E-state index in [0.29, 0.717) is 24.1 Å². The standard InChI is InChI=1S/C29H34FN3O4S/c1-4-22(3)31-29(35)27(5-2)32(20-23-16-18-24(30)19-17-23)28(34)21-33(25-12-8-6-9-13-25)38(36,37)26-14-10-7-11-15-26/h6-19,22,27H,4-5,20-21H2,1-3H3,(H,31,35)/t22-,27+/m1/s1. The van der Waals surface area contributed by atoms with Gasteiger partial charge in [0.15, 0.2) is 0 Å². The van der Waals surface area contributed by atoms with Gasteiger partial charge in [0.2, 0.25) is 11.8 Å². The molecule has 0 saturated heterocycles. The number of amides is 2. The summed E-state index contributed by atoms with van der Waals surface area (Å²) in [4.78, 5) is 28.5. The first-order chi connectivity index (χ1) is 18.2. The summed E-state index contributed by atoms with van der Waals surface area (Å²) in [6.45, 7) is 5.11. The minimum absolute atomic E-state index is 0.0135. The molecule has 0 aliphatic carbocycles. The lowest BCUT2D eigenvalue weighted by Crippen LogP contribution is -2.53. The maximum atomic E-state index is 13.9. The molecule has 0 aromatic heterocycles. The predicted octanol–water partition coefficient (Wildman–Crippen LogP) is 4.74. The van der Waals surface area contributed by atoms with Gasteiger partial charge in [-0.2, -0.15) is 0 Å². The van der Waals surface area contributed by atoms with Crippen LogP contribution in [0.15, 0.2) is 89.8 Å². The highest BCUT2D eigenvalue weighted by molar-refractivity contribution is 7.92. The van der Waals surface area contributed by atoms with Gasteiger partial charge in [0.1, 0.15) is 18.4 Å². The first-order valence-electron chi connectivity index (χ1n) is 12.6. The van der Waals surface area contributed by atoms with Crippen LogP contribution in [0.5, 0.6) is 0 Å². The summed E-state index contributed by atoms with van der Waals surface area (Å²) in [5.41, 5.74) is 0.940. The van der Waals surface area contributed by atoms with Crippen molar-refractivity contribution in [2.75, 3.05) is 10.8 Å². The molecule has 38 heavy (non-hydrogen) atoms. The average Bonchev–Trinajstić information content (AvgIpc) is 2.93. The van der Waals surface area contributed by atoms with Crippen LogP contribution in [0.25, 0.3) is 0 Å². The van der Waals surface area contributed by atoms with Crippen LogP contribution in [0, 0.1) is 5.82 Å². The van der Waals surface area contributed by atoms with Crippen molar-refractivity contribution in [3.05, 3.63) is 96.3 Å². The van der Waals surface area contributed by atoms with Crippen LogP contribution < -0.4 is 9.62 Å². The number of sulfonamides is 1. The second-order valence-electron chi connectivity index (χ2n) is 9.05. The van der Waals surface area contributed by atoms with Crippen LogP contribution in [-0.4, -0.2) is 43.8 Å². The van der Waals surface area contributed by atoms with E-state index in [1.54, 1.807) is 67.6 Å². The lowest BCUT2D eigenvalue weighted by atomic mass is 10.1. The van der Waals surface area contributed by atoms with E-state index in [2.05, 4.69) is 5.32 Å². The fraction of sp³-hybridized carbons (Fsp3) is 0.310. The van der Waals surface area contributed by atoms with E-state index < -0.39 is 34.3 Å². The number of anilines is 1. The lowest BCUT2D eigenvalue weighted by Gasteiger charge is -2.33. The number of nitrogens with zero attached hydrogens (tertiary/aromatic N) is 2. The van der Waals surface area contributed by atoms with Gasteiger partial charge in [0.05, 0.1) is 10.6 Å². The van der Waals surface area contributed by atoms with Gasteiger partial charge in [-0.15, -0.1) is 0 Å². The summed E-state index contributed by atoms with van der Waals surface area (Å²) >= 11 is 0. The Morgan fingerprint density at radius 1 is 0.868 bits per heavy atom. The number of carbonyl (C=O) groups is 2. The van der Waals surface area contributed by atoms with Crippen LogP contribution in [0.3, 0.4) is 0 Å². The normalized spacial score (nSPS) is 12.8. The Morgan fingerprint density at radius 2 is 1.45 bits per heavy atom. The van der Waals surface area contributed by atoms with E-state index in [-0.39, 0.29) is 23.4 Å². The van der Waals surface area contributed by atoms with E-state index in [4.69, 9.17) is 0 Å². The zero-order chi connectivity index (χ0) is 27.7. The third-order valence-electron chi connectivity index (χ3n) is 6.31. The van der Waals surface area contributed by atoms with Crippen LogP contribution in [0.4, 0.5) is 10.1 Å². The van der Waals surface area contributed by atoms with Crippen LogP contribution in [-0.2, 0) is 26.2 Å². The molecule has 0 aliphatic heterocycles. The summed E-state index contributed by atoms with van der Waals surface area (Å²) in [6.07, 6.45) is 1.02. The van der Waals surface area contributed by atoms with Gasteiger partial charge < -0.3 is 10.2 Å². The molecular weight excluding hydrogens is 505 g/mol. The predicted molar refractivity (Wildman–Crippen MR) is 146 cm³/mol. The summed E-state index contributed by atoms with van der Waals surface area (Å²) in [5.74, 6) is -1.30. The Balaban J connectivity index is 2.01. The fourth-order valence-electron chi connectivity index (χ4n) is 3.99. The molecule has 3 rings (SSSR count). The van der Waals surface area contributed by atoms with Gasteiger partial charge in [-0.1, -0.05) is 62.4 Å². The van der Waals surface area contributed by atoms with Crippen LogP contribution in [0.1, 0.15) is 39.2 Å². The lowest BCUT2D eigenvalue weighted by molar-refractivity contribution is -0.140. The van der Waals surface area contributed by atoms with Gasteiger partial charge in [0, 0.05) is 12.6 Å². The van der Waals surface area contributed by atoms with Crippen molar-refractivity contribution in [1.82, 2.24) is 10.2 Å². The molecule has 2 amide bonds. The van der Waals surface area contributed by atoms with Crippen molar-refractivity contribution in [2.24, 2.45) is 0 Å². The highest BCUT2D eigenvalue weighted by Gasteiger charge is 2.33. The number of carbonyl (C=O) groups excluding carboxylic acids is 2. The molecule has 2 atom stereocenters. The number of benzene rings is 3. The van der Waals surface area contributed by atoms with Crippen molar-refractivity contribution in [3.63, 3.8) is 0 Å². The topological polar surface area (TPSA) is 86.8 Å². The van der Waals surface area contributed by atoms with Crippen molar-refractivity contribution in [1.29, 1.82) is 0 Å². The molecule has 0 bridgehead atoms. The Kier molecular flexibility index (Phi) is 10.0. The molecule has 0 heterocycles. The molecule has 9 heteroatoms. The molecule has 3 aromatic rings. The van der Waals surface area contributed by atoms with E-state index in [1.165, 1.54) is 29.2 Å². The summed E-state index contributed by atoms with van der Waals surface area (Å²) in [6, 6.07) is 21.0. The summed E-state index contributed by atoms with van der Waals surface area (Å²) in [7, 11) is -4.10. The molecule has 0 radical (unpaired) electrons. The first-order valence-corrected chi connectivity index (χ1v) is 14.1. The SMILES string of the molecule is CC[C@@H](C)NC(=O)[C@H](CC)N(Cc1ccc(F)cc1)C(=O)CN(c1ccccc1)S(=O)(=O)c1ccccc1. The molecule has 1 N–H and O–H groups in total. The Hall–Kier alpha value is -3.72. The monoisotopic (exact) mass is 539 g/mol. The molecule has 0 unspecified atom stereocenters. The van der Waals surface area contributed by atoms with Crippen LogP contribution in [0.2, 0.25) is 0 Å². The van der Waals surface area contributed by atoms with E-state index in [1.807, 2.05) is 13.8 Å². The number of nitrogens with one attached hydrogen (secondary N) is 1. The molecular formula is C29H34FN3O4S. The smallest absolute Gasteiger partial charge is 0.264 e. The fourth-order valence-corrected chi connectivity index (χ4v) is 5.43. The van der Waals surface area contributed by atoms with Gasteiger partial charge in [-0.25, -0.2) is 12.8 Å². The number of hydrogen-bond acceptors (Lipinski definition) is 4. The largest absolute Gasteiger partial charge is 0.352 e. The van der Waals surface area contributed by atoms with E-state index in [0.717, 1.165) is 4.31 Å². The molecule has 202 valence electrons. The van der Waals surface area contributed by atoms with Crippen molar-refractivity contribution in [2.45, 2.75) is 57.1 Å². The summed E-state index contributed by atoms with van der Waals surface area (Å²) < 4.78 is 42.0. The van der Waals surface area contributed by atoms with Crippen LogP contribution >= 0.6 is 0 Å². The van der Waals surface area contributed by atoms with E-state index >= 15 is 0 Å². The Bertz CT molecular complexity index is 1300. The third kappa shape index (κ3) is 7.19. The Morgan fingerprint density at radius 3 is 2.00 bits per heavy atom. The molecule has 0 saturated carbocycles. The maximum Gasteiger partial charge on any atom is 0.264 e. The van der Waals surface area contributed by atoms with Crippen molar-refractivity contribution >= 4 is 27.5 Å². The highest BCUT2D eigenvalue weighted by atomic mass is 32.2. The zero-order valence-corrected chi connectivity index (χ0v) is 22.7. The van der Waals surface area contributed by atoms with Crippen molar-refractivity contribution < 1.29 is 22.4 Å². The molecule has 0 aliphatic rings. The van der Waals surface area contributed by atoms with Gasteiger partial charge >= 0.3 is 0 Å². The van der Waals surface area contributed by atoms with Gasteiger partial charge in [-0.05, 0) is 61.7 Å². The van der Waals surface area contributed by atoms with E-state index in [9.17, 15) is 22.4 Å². The molecule has 0 spiro atoms. The number of para-hydroxylation sites is 1. The molecule has 0 fully saturated rings. The first kappa shape index (κ1) is 28.8. The zero-order valence-electron chi connectivity index (χ0n) is 21.9. The quantitative estimate of drug-likeness (QED) is 0.360. The minimum atomic E-state index is -4.10. The number of rotatable bonds is 12. The van der Waals surface area contributed by atoms with Gasteiger partial charge in [0.25, 0.3) is 10.0 Å². The summed E-state index contributed by atoms with van der Waals surface area (Å²) in [5, 5.41) is 2.93. The second kappa shape index (κ2) is 13.2.